The number of aryl methyl sites for hydroxylation is 1. The van der Waals surface area contributed by atoms with Crippen LogP contribution in [0.3, 0.4) is 0 Å². The summed E-state index contributed by atoms with van der Waals surface area (Å²) in [6, 6.07) is 6.80. The maximum absolute atomic E-state index is 13.6. The van der Waals surface area contributed by atoms with E-state index in [4.69, 9.17) is 4.74 Å². The van der Waals surface area contributed by atoms with E-state index in [9.17, 15) is 4.39 Å². The van der Waals surface area contributed by atoms with Gasteiger partial charge in [-0.1, -0.05) is 18.2 Å². The summed E-state index contributed by atoms with van der Waals surface area (Å²) >= 11 is 1.56. The summed E-state index contributed by atoms with van der Waals surface area (Å²) in [5.41, 5.74) is 0.668. The highest BCUT2D eigenvalue weighted by molar-refractivity contribution is 7.11. The topological polar surface area (TPSA) is 47.0 Å². The lowest BCUT2D eigenvalue weighted by Gasteiger charge is -2.01. The van der Waals surface area contributed by atoms with Crippen LogP contribution in [-0.4, -0.2) is 37.0 Å². The maximum Gasteiger partial charge on any atom is 0.126 e. The Hall–Kier alpha value is -1.37. The van der Waals surface area contributed by atoms with E-state index in [1.165, 1.54) is 6.07 Å². The first-order valence-corrected chi connectivity index (χ1v) is 7.85. The molecule has 2 rings (SSSR count). The second kappa shape index (κ2) is 8.81. The van der Waals surface area contributed by atoms with E-state index in [2.05, 4.69) is 15.5 Å². The van der Waals surface area contributed by atoms with Gasteiger partial charge < -0.3 is 10.1 Å². The Labute approximate surface area is 128 Å². The number of benzene rings is 1. The molecule has 0 aliphatic heterocycles. The summed E-state index contributed by atoms with van der Waals surface area (Å²) in [5.74, 6) is -0.184. The molecule has 0 amide bonds. The molecule has 21 heavy (non-hydrogen) atoms. The Morgan fingerprint density at radius 3 is 2.81 bits per heavy atom. The van der Waals surface area contributed by atoms with Gasteiger partial charge in [0.05, 0.1) is 6.61 Å². The van der Waals surface area contributed by atoms with Crippen LogP contribution < -0.4 is 5.32 Å². The second-order valence-corrected chi connectivity index (χ2v) is 5.85. The van der Waals surface area contributed by atoms with E-state index in [-0.39, 0.29) is 5.82 Å². The molecule has 0 spiro atoms. The molecule has 4 nitrogen and oxygen atoms in total. The van der Waals surface area contributed by atoms with Crippen molar-refractivity contribution in [1.82, 2.24) is 15.5 Å². The smallest absolute Gasteiger partial charge is 0.126 e. The molecule has 2 aromatic rings. The Balaban J connectivity index is 1.75. The third-order valence-corrected chi connectivity index (χ3v) is 4.02. The standard InChI is InChI=1S/C15H20FN3OS/c1-20-10-9-17-8-4-7-14-18-19-15(21-14)11-12-5-2-3-6-13(12)16/h2-3,5-6,17H,4,7-11H2,1H3. The van der Waals surface area contributed by atoms with Gasteiger partial charge in [-0.3, -0.25) is 0 Å². The summed E-state index contributed by atoms with van der Waals surface area (Å²) in [5, 5.41) is 13.5. The lowest BCUT2D eigenvalue weighted by molar-refractivity contribution is 0.199. The van der Waals surface area contributed by atoms with Crippen LogP contribution in [-0.2, 0) is 17.6 Å². The van der Waals surface area contributed by atoms with Gasteiger partial charge in [-0.15, -0.1) is 21.5 Å². The molecule has 6 heteroatoms. The van der Waals surface area contributed by atoms with Gasteiger partial charge >= 0.3 is 0 Å². The minimum atomic E-state index is -0.184. The third-order valence-electron chi connectivity index (χ3n) is 3.04. The van der Waals surface area contributed by atoms with Crippen molar-refractivity contribution in [2.75, 3.05) is 26.8 Å². The molecule has 0 atom stereocenters. The van der Waals surface area contributed by atoms with Crippen LogP contribution in [0.4, 0.5) is 4.39 Å². The monoisotopic (exact) mass is 309 g/mol. The van der Waals surface area contributed by atoms with E-state index in [1.54, 1.807) is 30.6 Å². The number of hydrogen-bond donors (Lipinski definition) is 1. The summed E-state index contributed by atoms with van der Waals surface area (Å²) in [4.78, 5) is 0. The minimum absolute atomic E-state index is 0.184. The maximum atomic E-state index is 13.6. The molecule has 1 aromatic heterocycles. The molecule has 1 aromatic carbocycles. The summed E-state index contributed by atoms with van der Waals surface area (Å²) < 4.78 is 18.5. The van der Waals surface area contributed by atoms with Crippen molar-refractivity contribution in [1.29, 1.82) is 0 Å². The summed E-state index contributed by atoms with van der Waals surface area (Å²) in [6.45, 7) is 2.53. The van der Waals surface area contributed by atoms with Gasteiger partial charge in [-0.05, 0) is 24.6 Å². The van der Waals surface area contributed by atoms with Crippen molar-refractivity contribution in [2.45, 2.75) is 19.3 Å². The Morgan fingerprint density at radius 2 is 2.00 bits per heavy atom. The van der Waals surface area contributed by atoms with E-state index < -0.39 is 0 Å². The summed E-state index contributed by atoms with van der Waals surface area (Å²) in [7, 11) is 1.69. The molecule has 0 saturated carbocycles. The average Bonchev–Trinajstić information content (AvgIpc) is 2.93. The fourth-order valence-electron chi connectivity index (χ4n) is 1.93. The fourth-order valence-corrected chi connectivity index (χ4v) is 2.84. The Kier molecular flexibility index (Phi) is 6.72. The van der Waals surface area contributed by atoms with Crippen molar-refractivity contribution >= 4 is 11.3 Å². The highest BCUT2D eigenvalue weighted by Gasteiger charge is 2.08. The first-order chi connectivity index (χ1) is 10.3. The quantitative estimate of drug-likeness (QED) is 0.723. The predicted molar refractivity (Wildman–Crippen MR) is 82.2 cm³/mol. The predicted octanol–water partition coefficient (Wildman–Crippen LogP) is 2.44. The fraction of sp³-hybridized carbons (Fsp3) is 0.467. The van der Waals surface area contributed by atoms with Gasteiger partial charge in [0, 0.05) is 26.5 Å². The number of rotatable bonds is 9. The van der Waals surface area contributed by atoms with Crippen molar-refractivity contribution < 1.29 is 9.13 Å². The number of nitrogens with zero attached hydrogens (tertiary/aromatic N) is 2. The third kappa shape index (κ3) is 5.49. The molecule has 0 aliphatic carbocycles. The first kappa shape index (κ1) is 16.0. The highest BCUT2D eigenvalue weighted by Crippen LogP contribution is 2.17. The molecule has 0 radical (unpaired) electrons. The van der Waals surface area contributed by atoms with Gasteiger partial charge in [0.2, 0.25) is 0 Å². The highest BCUT2D eigenvalue weighted by atomic mass is 32.1. The van der Waals surface area contributed by atoms with Crippen LogP contribution in [0.2, 0.25) is 0 Å². The van der Waals surface area contributed by atoms with Gasteiger partial charge in [0.15, 0.2) is 0 Å². The number of ether oxygens (including phenoxy) is 1. The molecule has 0 bridgehead atoms. The largest absolute Gasteiger partial charge is 0.383 e. The van der Waals surface area contributed by atoms with E-state index >= 15 is 0 Å². The van der Waals surface area contributed by atoms with E-state index in [0.29, 0.717) is 12.0 Å². The molecule has 114 valence electrons. The lowest BCUT2D eigenvalue weighted by atomic mass is 10.1. The zero-order valence-electron chi connectivity index (χ0n) is 12.1. The van der Waals surface area contributed by atoms with Crippen molar-refractivity contribution in [3.05, 3.63) is 45.7 Å². The number of hydrogen-bond acceptors (Lipinski definition) is 5. The van der Waals surface area contributed by atoms with Crippen molar-refractivity contribution in [3.63, 3.8) is 0 Å². The molecule has 1 N–H and O–H groups in total. The second-order valence-electron chi connectivity index (χ2n) is 4.70. The SMILES string of the molecule is COCCNCCCc1nnc(Cc2ccccc2F)s1. The average molecular weight is 309 g/mol. The first-order valence-electron chi connectivity index (χ1n) is 7.04. The minimum Gasteiger partial charge on any atom is -0.383 e. The molecule has 0 aliphatic rings. The van der Waals surface area contributed by atoms with Crippen LogP contribution >= 0.6 is 11.3 Å². The van der Waals surface area contributed by atoms with Crippen LogP contribution in [0.1, 0.15) is 22.0 Å². The Morgan fingerprint density at radius 1 is 1.19 bits per heavy atom. The van der Waals surface area contributed by atoms with Gasteiger partial charge in [-0.2, -0.15) is 0 Å². The van der Waals surface area contributed by atoms with Crippen LogP contribution in [0, 0.1) is 5.82 Å². The molecule has 0 saturated heterocycles. The number of methoxy groups -OCH3 is 1. The Bertz CT molecular complexity index is 547. The molecular formula is C15H20FN3OS. The van der Waals surface area contributed by atoms with Crippen LogP contribution in [0.15, 0.2) is 24.3 Å². The van der Waals surface area contributed by atoms with Crippen molar-refractivity contribution in [2.24, 2.45) is 0 Å². The van der Waals surface area contributed by atoms with Gasteiger partial charge in [0.1, 0.15) is 15.8 Å². The normalized spacial score (nSPS) is 11.0. The summed E-state index contributed by atoms with van der Waals surface area (Å²) in [6.07, 6.45) is 2.42. The van der Waals surface area contributed by atoms with Gasteiger partial charge in [-0.25, -0.2) is 4.39 Å². The zero-order valence-corrected chi connectivity index (χ0v) is 13.0. The number of aromatic nitrogens is 2. The zero-order chi connectivity index (χ0) is 14.9. The molecular weight excluding hydrogens is 289 g/mol. The molecule has 1 heterocycles. The van der Waals surface area contributed by atoms with E-state index in [0.717, 1.165) is 42.6 Å². The van der Waals surface area contributed by atoms with Gasteiger partial charge in [0.25, 0.3) is 0 Å². The van der Waals surface area contributed by atoms with Crippen molar-refractivity contribution in [3.8, 4) is 0 Å². The number of halogens is 1. The van der Waals surface area contributed by atoms with Crippen LogP contribution in [0.5, 0.6) is 0 Å². The molecule has 0 unspecified atom stereocenters. The van der Waals surface area contributed by atoms with Crippen LogP contribution in [0.25, 0.3) is 0 Å². The molecule has 0 fully saturated rings. The number of nitrogens with one attached hydrogen (secondary N) is 1. The lowest BCUT2D eigenvalue weighted by Crippen LogP contribution is -2.20. The van der Waals surface area contributed by atoms with E-state index in [1.807, 2.05) is 6.07 Å².